The van der Waals surface area contributed by atoms with Crippen LogP contribution < -0.4 is 10.0 Å². The molecule has 3 aromatic rings. The molecule has 0 atom stereocenters. The van der Waals surface area contributed by atoms with E-state index in [-0.39, 0.29) is 16.3 Å². The van der Waals surface area contributed by atoms with Crippen LogP contribution in [0.3, 0.4) is 0 Å². The van der Waals surface area contributed by atoms with Crippen LogP contribution in [-0.4, -0.2) is 14.3 Å². The van der Waals surface area contributed by atoms with Gasteiger partial charge in [0.2, 0.25) is 0 Å². The van der Waals surface area contributed by atoms with Crippen LogP contribution in [0.25, 0.3) is 0 Å². The van der Waals surface area contributed by atoms with Gasteiger partial charge in [-0.25, -0.2) is 12.8 Å². The average Bonchev–Trinajstić information content (AvgIpc) is 3.09. The monoisotopic (exact) mass is 444 g/mol. The summed E-state index contributed by atoms with van der Waals surface area (Å²) in [6, 6.07) is 10.0. The molecule has 1 heterocycles. The lowest BCUT2D eigenvalue weighted by atomic mass is 10.2. The van der Waals surface area contributed by atoms with Gasteiger partial charge in [0.25, 0.3) is 15.9 Å². The van der Waals surface area contributed by atoms with Gasteiger partial charge in [-0.15, -0.1) is 11.3 Å². The standard InChI is InChI=1S/C18H12F4N2O3S2/c19-13-6-1-2-7-15(13)29(26,27)24-14-8-9-28-16(14)17(25)23-12-5-3-4-11(10-12)18(20,21)22/h1-10,24H,(H,23,25). The number of halogens is 4. The summed E-state index contributed by atoms with van der Waals surface area (Å²) in [5, 5.41) is 3.71. The minimum atomic E-state index is -4.58. The molecule has 1 aromatic heterocycles. The van der Waals surface area contributed by atoms with E-state index in [1.807, 2.05) is 0 Å². The zero-order chi connectivity index (χ0) is 21.2. The molecule has 0 bridgehead atoms. The molecule has 29 heavy (non-hydrogen) atoms. The fourth-order valence-electron chi connectivity index (χ4n) is 2.39. The van der Waals surface area contributed by atoms with Gasteiger partial charge in [-0.3, -0.25) is 9.52 Å². The molecular formula is C18H12F4N2O3S2. The number of hydrogen-bond donors (Lipinski definition) is 2. The molecule has 3 rings (SSSR count). The smallest absolute Gasteiger partial charge is 0.321 e. The fraction of sp³-hybridized carbons (Fsp3) is 0.0556. The average molecular weight is 444 g/mol. The topological polar surface area (TPSA) is 75.3 Å². The number of benzene rings is 2. The van der Waals surface area contributed by atoms with Crippen LogP contribution in [0, 0.1) is 5.82 Å². The normalized spacial score (nSPS) is 11.9. The first-order valence-corrected chi connectivity index (χ1v) is 10.3. The summed E-state index contributed by atoms with van der Waals surface area (Å²) in [6.45, 7) is 0. The van der Waals surface area contributed by atoms with Gasteiger partial charge in [-0.1, -0.05) is 18.2 Å². The number of amides is 1. The summed E-state index contributed by atoms with van der Waals surface area (Å²) in [5.41, 5.74) is -1.18. The Morgan fingerprint density at radius 3 is 2.41 bits per heavy atom. The maximum absolute atomic E-state index is 13.8. The number of carbonyl (C=O) groups excluding carboxylic acids is 1. The molecule has 5 nitrogen and oxygen atoms in total. The van der Waals surface area contributed by atoms with Crippen molar-refractivity contribution in [2.24, 2.45) is 0 Å². The summed E-state index contributed by atoms with van der Waals surface area (Å²) in [7, 11) is -4.32. The second-order valence-electron chi connectivity index (χ2n) is 5.73. The third-order valence-electron chi connectivity index (χ3n) is 3.69. The van der Waals surface area contributed by atoms with E-state index in [1.165, 1.54) is 29.6 Å². The molecule has 2 aromatic carbocycles. The number of thiophene rings is 1. The van der Waals surface area contributed by atoms with Crippen molar-refractivity contribution in [1.29, 1.82) is 0 Å². The lowest BCUT2D eigenvalue weighted by Crippen LogP contribution is -2.18. The summed E-state index contributed by atoms with van der Waals surface area (Å²) in [6.07, 6.45) is -4.58. The maximum Gasteiger partial charge on any atom is 0.416 e. The Morgan fingerprint density at radius 1 is 1.00 bits per heavy atom. The third-order valence-corrected chi connectivity index (χ3v) is 6.00. The summed E-state index contributed by atoms with van der Waals surface area (Å²) < 4.78 is 79.2. The van der Waals surface area contributed by atoms with E-state index >= 15 is 0 Å². The van der Waals surface area contributed by atoms with E-state index in [4.69, 9.17) is 0 Å². The molecule has 0 aliphatic carbocycles. The van der Waals surface area contributed by atoms with Gasteiger partial charge in [0.1, 0.15) is 15.6 Å². The molecule has 1 amide bonds. The van der Waals surface area contributed by atoms with Gasteiger partial charge >= 0.3 is 6.18 Å². The Balaban J connectivity index is 1.83. The molecule has 0 aliphatic rings. The fourth-order valence-corrected chi connectivity index (χ4v) is 4.35. The molecule has 2 N–H and O–H groups in total. The highest BCUT2D eigenvalue weighted by molar-refractivity contribution is 7.92. The van der Waals surface area contributed by atoms with E-state index in [0.29, 0.717) is 0 Å². The number of nitrogens with one attached hydrogen (secondary N) is 2. The van der Waals surface area contributed by atoms with Crippen LogP contribution in [0.1, 0.15) is 15.2 Å². The zero-order valence-corrected chi connectivity index (χ0v) is 16.0. The van der Waals surface area contributed by atoms with Crippen molar-refractivity contribution in [2.45, 2.75) is 11.1 Å². The van der Waals surface area contributed by atoms with Crippen molar-refractivity contribution >= 4 is 38.6 Å². The molecule has 0 unspecified atom stereocenters. The predicted octanol–water partition coefficient (Wildman–Crippen LogP) is 4.96. The van der Waals surface area contributed by atoms with Gasteiger partial charge < -0.3 is 5.32 Å². The highest BCUT2D eigenvalue weighted by Gasteiger charge is 2.30. The summed E-state index contributed by atoms with van der Waals surface area (Å²) in [5.74, 6) is -1.78. The Hall–Kier alpha value is -2.92. The largest absolute Gasteiger partial charge is 0.416 e. The number of alkyl halides is 3. The lowest BCUT2D eigenvalue weighted by Gasteiger charge is -2.11. The van der Waals surface area contributed by atoms with Gasteiger partial charge in [0, 0.05) is 5.69 Å². The van der Waals surface area contributed by atoms with Crippen molar-refractivity contribution < 1.29 is 30.8 Å². The first-order valence-electron chi connectivity index (χ1n) is 7.91. The van der Waals surface area contributed by atoms with Crippen molar-refractivity contribution in [3.63, 3.8) is 0 Å². The number of rotatable bonds is 5. The summed E-state index contributed by atoms with van der Waals surface area (Å²) >= 11 is 0.872. The van der Waals surface area contributed by atoms with E-state index < -0.39 is 38.4 Å². The third kappa shape index (κ3) is 4.74. The predicted molar refractivity (Wildman–Crippen MR) is 101 cm³/mol. The molecular weight excluding hydrogens is 432 g/mol. The number of anilines is 2. The van der Waals surface area contributed by atoms with E-state index in [2.05, 4.69) is 10.0 Å². The van der Waals surface area contributed by atoms with Gasteiger partial charge in [0.15, 0.2) is 0 Å². The first kappa shape index (κ1) is 20.8. The zero-order valence-electron chi connectivity index (χ0n) is 14.3. The molecule has 0 fully saturated rings. The van der Waals surface area contributed by atoms with Crippen LogP contribution in [0.15, 0.2) is 64.9 Å². The number of hydrogen-bond acceptors (Lipinski definition) is 4. The van der Waals surface area contributed by atoms with Gasteiger partial charge in [-0.05, 0) is 41.8 Å². The Kier molecular flexibility index (Phi) is 5.62. The van der Waals surface area contributed by atoms with E-state index in [1.54, 1.807) is 0 Å². The van der Waals surface area contributed by atoms with Crippen LogP contribution in [0.2, 0.25) is 0 Å². The first-order chi connectivity index (χ1) is 13.6. The SMILES string of the molecule is O=C(Nc1cccc(C(F)(F)F)c1)c1sccc1NS(=O)(=O)c1ccccc1F. The molecule has 0 saturated heterocycles. The van der Waals surface area contributed by atoms with Gasteiger partial charge in [-0.2, -0.15) is 13.2 Å². The quantitative estimate of drug-likeness (QED) is 0.547. The molecule has 11 heteroatoms. The minimum absolute atomic E-state index is 0.0951. The van der Waals surface area contributed by atoms with Crippen LogP contribution in [0.5, 0.6) is 0 Å². The van der Waals surface area contributed by atoms with Crippen molar-refractivity contribution in [3.05, 3.63) is 76.2 Å². The Bertz CT molecular complexity index is 1160. The van der Waals surface area contributed by atoms with Crippen LogP contribution in [0.4, 0.5) is 28.9 Å². The lowest BCUT2D eigenvalue weighted by molar-refractivity contribution is -0.137. The van der Waals surface area contributed by atoms with E-state index in [9.17, 15) is 30.8 Å². The highest BCUT2D eigenvalue weighted by Crippen LogP contribution is 2.31. The molecule has 152 valence electrons. The maximum atomic E-state index is 13.8. The van der Waals surface area contributed by atoms with Crippen molar-refractivity contribution in [3.8, 4) is 0 Å². The Labute approximate surface area is 167 Å². The molecule has 0 saturated carbocycles. The highest BCUT2D eigenvalue weighted by atomic mass is 32.2. The molecule has 0 spiro atoms. The second kappa shape index (κ2) is 7.84. The van der Waals surface area contributed by atoms with Gasteiger partial charge in [0.05, 0.1) is 11.3 Å². The second-order valence-corrected chi connectivity index (χ2v) is 8.30. The number of carbonyl (C=O) groups is 1. The van der Waals surface area contributed by atoms with Crippen LogP contribution in [-0.2, 0) is 16.2 Å². The molecule has 0 aliphatic heterocycles. The Morgan fingerprint density at radius 2 is 1.72 bits per heavy atom. The van der Waals surface area contributed by atoms with Crippen molar-refractivity contribution in [2.75, 3.05) is 10.0 Å². The molecule has 0 radical (unpaired) electrons. The number of sulfonamides is 1. The summed E-state index contributed by atoms with van der Waals surface area (Å²) in [4.78, 5) is 11.8. The minimum Gasteiger partial charge on any atom is -0.321 e. The van der Waals surface area contributed by atoms with Crippen molar-refractivity contribution in [1.82, 2.24) is 0 Å². The van der Waals surface area contributed by atoms with Crippen LogP contribution >= 0.6 is 11.3 Å². The van der Waals surface area contributed by atoms with E-state index in [0.717, 1.165) is 41.7 Å².